The Kier molecular flexibility index (Phi) is 12.7. The molecule has 2 aliphatic carbocycles. The number of ether oxygens (including phenoxy) is 2. The molecule has 3 aliphatic rings. The first kappa shape index (κ1) is 46.8. The number of pyridine rings is 2. The van der Waals surface area contributed by atoms with Gasteiger partial charge in [0, 0.05) is 116 Å². The average molecular weight is 986 g/mol. The molecule has 0 radical (unpaired) electrons. The van der Waals surface area contributed by atoms with Crippen molar-refractivity contribution >= 4 is 50.3 Å². The summed E-state index contributed by atoms with van der Waals surface area (Å²) < 4.78 is 25.2. The van der Waals surface area contributed by atoms with Gasteiger partial charge in [-0.2, -0.15) is 0 Å². The van der Waals surface area contributed by atoms with Crippen LogP contribution in [-0.4, -0.2) is 35.3 Å². The number of hydrogen-bond donors (Lipinski definition) is 0. The molecule has 10 nitrogen and oxygen atoms in total. The third-order valence-electron chi connectivity index (χ3n) is 14.3. The number of para-hydroxylation sites is 2. The SMILES string of the molecule is O=C1c2ccccc2C(=O)c2cc(C[n+]3ccc(-c4cc[n+](CCCCOc5ccc6c(-c7ccccc7C(=O)OCCCCn7c8ccccc8c8ccccc87)c7ccc(=O)cc-7oc6c5)cc4)cc3)ccc21. The first-order chi connectivity index (χ1) is 36.8. The van der Waals surface area contributed by atoms with Gasteiger partial charge in [0.2, 0.25) is 0 Å². The van der Waals surface area contributed by atoms with E-state index in [2.05, 4.69) is 98.9 Å². The molecular weight excluding hydrogens is 935 g/mol. The fourth-order valence-electron chi connectivity index (χ4n) is 10.6. The Morgan fingerprint density at radius 3 is 1.85 bits per heavy atom. The van der Waals surface area contributed by atoms with E-state index < -0.39 is 5.97 Å². The molecule has 0 fully saturated rings. The largest absolute Gasteiger partial charge is 0.493 e. The lowest BCUT2D eigenvalue weighted by Gasteiger charge is -2.18. The van der Waals surface area contributed by atoms with Gasteiger partial charge in [-0.1, -0.05) is 84.9 Å². The summed E-state index contributed by atoms with van der Waals surface area (Å²) in [5.41, 5.74) is 10.4. The zero-order valence-electron chi connectivity index (χ0n) is 41.1. The molecule has 12 rings (SSSR count). The molecule has 6 aromatic carbocycles. The van der Waals surface area contributed by atoms with Crippen molar-refractivity contribution in [3.63, 3.8) is 0 Å². The maximum absolute atomic E-state index is 13.9. The quantitative estimate of drug-likeness (QED) is 0.0410. The Bertz CT molecular complexity index is 3970. The summed E-state index contributed by atoms with van der Waals surface area (Å²) in [4.78, 5) is 52.8. The predicted molar refractivity (Wildman–Crippen MR) is 289 cm³/mol. The van der Waals surface area contributed by atoms with E-state index in [0.717, 1.165) is 65.6 Å². The summed E-state index contributed by atoms with van der Waals surface area (Å²) in [5, 5.41) is 3.26. The fraction of sp³-hybridized carbons (Fsp3) is 0.138. The number of fused-ring (bicyclic) bond motifs is 7. The van der Waals surface area contributed by atoms with Gasteiger partial charge in [-0.15, -0.1) is 0 Å². The fourth-order valence-corrected chi connectivity index (χ4v) is 10.6. The zero-order chi connectivity index (χ0) is 50.8. The average Bonchev–Trinajstić information content (AvgIpc) is 3.77. The molecule has 0 atom stereocenters. The third-order valence-corrected chi connectivity index (χ3v) is 14.3. The van der Waals surface area contributed by atoms with E-state index >= 15 is 0 Å². The number of nitrogens with zero attached hydrogens (tertiary/aromatic N) is 3. The number of esters is 1. The van der Waals surface area contributed by atoms with E-state index in [1.165, 1.54) is 33.9 Å². The summed E-state index contributed by atoms with van der Waals surface area (Å²) in [6.07, 6.45) is 11.5. The Morgan fingerprint density at radius 1 is 0.507 bits per heavy atom. The van der Waals surface area contributed by atoms with E-state index in [-0.39, 0.29) is 23.6 Å². The number of ketones is 2. The highest BCUT2D eigenvalue weighted by molar-refractivity contribution is 6.28. The van der Waals surface area contributed by atoms with Crippen molar-refractivity contribution in [1.82, 2.24) is 4.57 Å². The van der Waals surface area contributed by atoms with Crippen LogP contribution < -0.4 is 19.3 Å². The van der Waals surface area contributed by atoms with E-state index in [0.29, 0.717) is 70.0 Å². The van der Waals surface area contributed by atoms with Crippen LogP contribution in [0, 0.1) is 0 Å². The number of unbranched alkanes of at least 4 members (excludes halogenated alkanes) is 2. The van der Waals surface area contributed by atoms with Crippen LogP contribution in [0.25, 0.3) is 66.4 Å². The number of carbonyl (C=O) groups excluding carboxylic acids is 3. The van der Waals surface area contributed by atoms with Crippen LogP contribution in [0.5, 0.6) is 5.75 Å². The van der Waals surface area contributed by atoms with Crippen LogP contribution in [0.4, 0.5) is 0 Å². The molecule has 9 aromatic rings. The van der Waals surface area contributed by atoms with Gasteiger partial charge in [-0.3, -0.25) is 14.4 Å². The molecule has 4 heterocycles. The highest BCUT2D eigenvalue weighted by Gasteiger charge is 2.30. The van der Waals surface area contributed by atoms with Crippen LogP contribution in [-0.2, 0) is 24.4 Å². The number of rotatable bonds is 16. The van der Waals surface area contributed by atoms with Gasteiger partial charge in [0.25, 0.3) is 0 Å². The van der Waals surface area contributed by atoms with Crippen molar-refractivity contribution in [3.8, 4) is 39.3 Å². The van der Waals surface area contributed by atoms with Crippen molar-refractivity contribution in [2.75, 3.05) is 13.2 Å². The molecule has 0 saturated heterocycles. The smallest absolute Gasteiger partial charge is 0.338 e. The molecule has 0 amide bonds. The first-order valence-electron chi connectivity index (χ1n) is 25.5. The highest BCUT2D eigenvalue weighted by Crippen LogP contribution is 2.42. The van der Waals surface area contributed by atoms with Gasteiger partial charge < -0.3 is 18.5 Å². The topological polar surface area (TPSA) is 113 Å². The van der Waals surface area contributed by atoms with E-state index in [1.54, 1.807) is 42.5 Å². The van der Waals surface area contributed by atoms with Gasteiger partial charge >= 0.3 is 5.97 Å². The van der Waals surface area contributed by atoms with Crippen LogP contribution in [0.1, 0.15) is 73.4 Å². The monoisotopic (exact) mass is 985 g/mol. The number of aromatic nitrogens is 3. The lowest BCUT2D eigenvalue weighted by molar-refractivity contribution is -0.697. The van der Waals surface area contributed by atoms with Gasteiger partial charge in [-0.25, -0.2) is 13.9 Å². The first-order valence-corrected chi connectivity index (χ1v) is 25.5. The van der Waals surface area contributed by atoms with E-state index in [1.807, 2.05) is 60.9 Å². The minimum absolute atomic E-state index is 0.112. The normalized spacial score (nSPS) is 12.1. The van der Waals surface area contributed by atoms with Gasteiger partial charge in [0.1, 0.15) is 23.6 Å². The Morgan fingerprint density at radius 2 is 1.12 bits per heavy atom. The standard InChI is InChI=1S/C65H51N3O7/c69-46-22-25-55-60(40-46)75-61-41-47(23-26-56(61)62(55)50-15-1-4-18-54(50)65(72)74-38-12-10-32-68-58-19-7-5-13-48(58)49-14-6-8-20-59(49)68)73-37-11-9-31-66-33-27-44(28-34-66)45-29-35-67(36-30-45)42-43-21-24-53-57(39-43)64(71)52-17-3-2-16-51(52)63(53)70/h1-8,13-30,33-36,39-41H,9-12,31-32,37-38,42H2/q+2. The number of benzene rings is 7. The molecule has 0 N–H and O–H groups in total. The maximum atomic E-state index is 13.9. The maximum Gasteiger partial charge on any atom is 0.338 e. The lowest BCUT2D eigenvalue weighted by Crippen LogP contribution is -2.33. The van der Waals surface area contributed by atoms with Gasteiger partial charge in [0.05, 0.1) is 18.8 Å². The molecular formula is C65H51N3O7+2. The van der Waals surface area contributed by atoms with E-state index in [9.17, 15) is 19.2 Å². The molecule has 0 spiro atoms. The van der Waals surface area contributed by atoms with Crippen molar-refractivity contribution in [3.05, 3.63) is 244 Å². The Labute approximate surface area is 432 Å². The molecule has 10 heteroatoms. The summed E-state index contributed by atoms with van der Waals surface area (Å²) in [5.74, 6) is 0.431. The second kappa shape index (κ2) is 20.3. The van der Waals surface area contributed by atoms with Gasteiger partial charge in [-0.05, 0) is 90.6 Å². The molecule has 0 unspecified atom stereocenters. The summed E-state index contributed by atoms with van der Waals surface area (Å²) in [6, 6.07) is 55.8. The second-order valence-electron chi connectivity index (χ2n) is 19.1. The van der Waals surface area contributed by atoms with Crippen LogP contribution in [0.3, 0.4) is 0 Å². The van der Waals surface area contributed by atoms with Crippen molar-refractivity contribution in [2.24, 2.45) is 0 Å². The Balaban J connectivity index is 0.659. The lowest BCUT2D eigenvalue weighted by atomic mass is 9.83. The number of hydrogen-bond acceptors (Lipinski definition) is 7. The minimum Gasteiger partial charge on any atom is -0.493 e. The van der Waals surface area contributed by atoms with Crippen molar-refractivity contribution in [2.45, 2.75) is 45.3 Å². The third kappa shape index (κ3) is 9.27. The number of aryl methyl sites for hydroxylation is 2. The van der Waals surface area contributed by atoms with Crippen LogP contribution >= 0.6 is 0 Å². The summed E-state index contributed by atoms with van der Waals surface area (Å²) in [7, 11) is 0. The van der Waals surface area contributed by atoms with Crippen molar-refractivity contribution in [1.29, 1.82) is 0 Å². The highest BCUT2D eigenvalue weighted by atomic mass is 16.5. The van der Waals surface area contributed by atoms with Crippen LogP contribution in [0.15, 0.2) is 210 Å². The molecule has 0 bridgehead atoms. The molecule has 0 saturated carbocycles. The van der Waals surface area contributed by atoms with Crippen molar-refractivity contribution < 1.29 is 37.4 Å². The summed E-state index contributed by atoms with van der Waals surface area (Å²) in [6.45, 7) is 2.98. The van der Waals surface area contributed by atoms with Crippen LogP contribution in [0.2, 0.25) is 0 Å². The zero-order valence-corrected chi connectivity index (χ0v) is 41.1. The molecule has 3 aromatic heterocycles. The minimum atomic E-state index is -0.406. The predicted octanol–water partition coefficient (Wildman–Crippen LogP) is 12.2. The van der Waals surface area contributed by atoms with E-state index in [4.69, 9.17) is 13.9 Å². The summed E-state index contributed by atoms with van der Waals surface area (Å²) >= 11 is 0. The van der Waals surface area contributed by atoms with Gasteiger partial charge in [0.15, 0.2) is 48.3 Å². The molecule has 366 valence electrons. The Hall–Kier alpha value is -9.28. The number of carbonyl (C=O) groups is 3. The molecule has 1 aliphatic heterocycles. The molecule has 75 heavy (non-hydrogen) atoms. The second-order valence-corrected chi connectivity index (χ2v) is 19.1.